The zero-order chi connectivity index (χ0) is 48.2. The molecule has 0 amide bonds. The summed E-state index contributed by atoms with van der Waals surface area (Å²) in [5.41, 5.74) is 15.2. The van der Waals surface area contributed by atoms with Gasteiger partial charge < -0.3 is 39.5 Å². The summed E-state index contributed by atoms with van der Waals surface area (Å²) in [4.78, 5) is 54.5. The molecule has 2 aliphatic carbocycles. The van der Waals surface area contributed by atoms with Crippen LogP contribution in [-0.4, -0.2) is 61.7 Å². The van der Waals surface area contributed by atoms with Crippen molar-refractivity contribution in [2.24, 2.45) is 36.4 Å². The van der Waals surface area contributed by atoms with Crippen molar-refractivity contribution in [3.8, 4) is 11.5 Å². The van der Waals surface area contributed by atoms with Gasteiger partial charge in [0.05, 0.1) is 48.1 Å². The van der Waals surface area contributed by atoms with Gasteiger partial charge in [-0.2, -0.15) is 0 Å². The molecule has 6 aromatic rings. The number of carbonyl (C=O) groups is 3. The van der Waals surface area contributed by atoms with Crippen LogP contribution in [0, 0.1) is 21.6 Å². The molecule has 2 aliphatic rings. The number of amidine groups is 2. The third kappa shape index (κ3) is 9.43. The summed E-state index contributed by atoms with van der Waals surface area (Å²) >= 11 is 0. The van der Waals surface area contributed by atoms with E-state index in [1.807, 2.05) is 35.4 Å². The predicted molar refractivity (Wildman–Crippen MR) is 260 cm³/mol. The molecule has 2 heterocycles. The SMILES string of the molecule is CCOC(=O)CC1(C(=O)C2(CC(=O)OCC)CCCCC2c2ccc3c(c2)nc(COc2ccc(C(=N)N)cc2)n3C)CCCCC1c1ccc2c(c1)nc(COc1ccc(C(=N)N)cc1)n2C. The molecule has 4 aromatic carbocycles. The van der Waals surface area contributed by atoms with Gasteiger partial charge in [-0.3, -0.25) is 25.2 Å². The van der Waals surface area contributed by atoms with Crippen LogP contribution in [0.5, 0.6) is 11.5 Å². The van der Waals surface area contributed by atoms with Crippen molar-refractivity contribution in [2.45, 2.75) is 103 Å². The number of nitrogen functional groups attached to an aromatic ring is 2. The van der Waals surface area contributed by atoms with Crippen LogP contribution in [-0.2, 0) is 51.2 Å². The van der Waals surface area contributed by atoms with Gasteiger partial charge in [0, 0.05) is 36.1 Å². The van der Waals surface area contributed by atoms with Crippen molar-refractivity contribution in [3.05, 3.63) is 119 Å². The van der Waals surface area contributed by atoms with Crippen LogP contribution in [0.25, 0.3) is 22.1 Å². The van der Waals surface area contributed by atoms with Crippen molar-refractivity contribution in [1.29, 1.82) is 10.8 Å². The number of aromatic nitrogens is 4. The second kappa shape index (κ2) is 20.1. The van der Waals surface area contributed by atoms with Crippen LogP contribution in [0.15, 0.2) is 84.9 Å². The summed E-state index contributed by atoms with van der Waals surface area (Å²) < 4.78 is 27.6. The van der Waals surface area contributed by atoms with Crippen molar-refractivity contribution < 1.29 is 33.3 Å². The summed E-state index contributed by atoms with van der Waals surface area (Å²) in [6.45, 7) is 4.31. The lowest BCUT2D eigenvalue weighted by Crippen LogP contribution is -2.53. The van der Waals surface area contributed by atoms with Gasteiger partial charge in [-0.15, -0.1) is 0 Å². The van der Waals surface area contributed by atoms with E-state index in [1.165, 1.54) is 0 Å². The Balaban J connectivity index is 1.16. The molecule has 4 atom stereocenters. The third-order valence-corrected chi connectivity index (χ3v) is 14.4. The van der Waals surface area contributed by atoms with Crippen molar-refractivity contribution in [1.82, 2.24) is 19.1 Å². The molecule has 0 radical (unpaired) electrons. The van der Waals surface area contributed by atoms with Crippen LogP contribution in [0.1, 0.15) is 124 Å². The molecule has 0 saturated heterocycles. The zero-order valence-corrected chi connectivity index (χ0v) is 39.4. The number of nitrogens with zero attached hydrogens (tertiary/aromatic N) is 4. The molecule has 15 nitrogen and oxygen atoms in total. The largest absolute Gasteiger partial charge is 0.486 e. The Morgan fingerprint density at radius 1 is 0.618 bits per heavy atom. The van der Waals surface area contributed by atoms with Crippen molar-refractivity contribution >= 4 is 51.5 Å². The summed E-state index contributed by atoms with van der Waals surface area (Å²) in [7, 11) is 3.89. The van der Waals surface area contributed by atoms with Crippen LogP contribution < -0.4 is 20.9 Å². The molecule has 8 rings (SSSR count). The number of esters is 2. The van der Waals surface area contributed by atoms with Gasteiger partial charge in [-0.05, 0) is 135 Å². The van der Waals surface area contributed by atoms with Gasteiger partial charge in [0.25, 0.3) is 0 Å². The Labute approximate surface area is 396 Å². The Hall–Kier alpha value is -7.03. The monoisotopic (exact) mass is 922 g/mol. The minimum atomic E-state index is -1.19. The number of ketones is 1. The first-order valence-electron chi connectivity index (χ1n) is 23.7. The number of fused-ring (bicyclic) bond motifs is 2. The lowest BCUT2D eigenvalue weighted by molar-refractivity contribution is -0.162. The molecular formula is C53H62N8O7. The number of hydrogen-bond donors (Lipinski definition) is 4. The quantitative estimate of drug-likeness (QED) is 0.0363. The average molecular weight is 923 g/mol. The fourth-order valence-electron chi connectivity index (χ4n) is 11.0. The number of ether oxygens (including phenoxy) is 4. The number of benzene rings is 4. The number of nitrogens with two attached hydrogens (primary N) is 2. The molecule has 4 unspecified atom stereocenters. The maximum Gasteiger partial charge on any atom is 0.306 e. The smallest absolute Gasteiger partial charge is 0.306 e. The number of nitrogens with one attached hydrogen (secondary N) is 2. The maximum absolute atomic E-state index is 16.5. The van der Waals surface area contributed by atoms with Crippen LogP contribution in [0.3, 0.4) is 0 Å². The standard InChI is InChI=1S/C53H62N8O7/c1-5-65-47(62)29-52(25-9-7-11-39(52)35-17-23-43-41(27-35)58-45(60(43)3)31-67-37-19-13-33(14-20-37)49(54)55)51(64)53(30-48(63)66-6-2)26-10-8-12-40(53)36-18-24-44-42(28-36)59-46(61(44)4)32-68-38-21-15-34(16-22-38)50(56)57/h13-24,27-28,39-40H,5-12,25-26,29-32H2,1-4H3,(H3,54,55)(H3,56,57). The summed E-state index contributed by atoms with van der Waals surface area (Å²) in [5.74, 6) is 0.959. The lowest BCUT2D eigenvalue weighted by atomic mass is 9.49. The topological polar surface area (TPSA) is 224 Å². The van der Waals surface area contributed by atoms with Crippen LogP contribution in [0.4, 0.5) is 0 Å². The number of aryl methyl sites for hydroxylation is 2. The third-order valence-electron chi connectivity index (χ3n) is 14.4. The van der Waals surface area contributed by atoms with E-state index in [0.29, 0.717) is 60.0 Å². The Morgan fingerprint density at radius 3 is 1.38 bits per heavy atom. The van der Waals surface area contributed by atoms with Gasteiger partial charge in [0.2, 0.25) is 0 Å². The first-order valence-corrected chi connectivity index (χ1v) is 23.7. The molecular weight excluding hydrogens is 861 g/mol. The molecule has 0 aliphatic heterocycles. The second-order valence-electron chi connectivity index (χ2n) is 18.3. The highest BCUT2D eigenvalue weighted by atomic mass is 16.5. The second-order valence-corrected chi connectivity index (χ2v) is 18.3. The maximum atomic E-state index is 16.5. The number of rotatable bonds is 18. The van der Waals surface area contributed by atoms with Crippen molar-refractivity contribution in [3.63, 3.8) is 0 Å². The molecule has 2 fully saturated rings. The molecule has 0 spiro atoms. The van der Waals surface area contributed by atoms with E-state index >= 15 is 4.79 Å². The molecule has 68 heavy (non-hydrogen) atoms. The van der Waals surface area contributed by atoms with E-state index in [9.17, 15) is 9.59 Å². The van der Waals surface area contributed by atoms with Gasteiger partial charge >= 0.3 is 11.9 Å². The van der Waals surface area contributed by atoms with Gasteiger partial charge in [-0.1, -0.05) is 37.8 Å². The Morgan fingerprint density at radius 2 is 1.01 bits per heavy atom. The number of imidazole rings is 2. The van der Waals surface area contributed by atoms with Crippen LogP contribution >= 0.6 is 0 Å². The van der Waals surface area contributed by atoms with Crippen molar-refractivity contribution in [2.75, 3.05) is 13.2 Å². The normalized spacial score (nSPS) is 20.5. The first kappa shape index (κ1) is 47.5. The molecule has 0 bridgehead atoms. The molecule has 6 N–H and O–H groups in total. The number of hydrogen-bond acceptors (Lipinski definition) is 11. The van der Waals surface area contributed by atoms with Gasteiger partial charge in [-0.25, -0.2) is 9.97 Å². The predicted octanol–water partition coefficient (Wildman–Crippen LogP) is 8.65. The van der Waals surface area contributed by atoms with Gasteiger partial charge in [0.1, 0.15) is 53.8 Å². The molecule has 2 aromatic heterocycles. The summed E-state index contributed by atoms with van der Waals surface area (Å²) in [6, 6.07) is 26.4. The van der Waals surface area contributed by atoms with Gasteiger partial charge in [0.15, 0.2) is 0 Å². The number of carbonyl (C=O) groups excluding carboxylic acids is 3. The first-order chi connectivity index (χ1) is 32.8. The highest BCUT2D eigenvalue weighted by Gasteiger charge is 2.59. The fourth-order valence-corrected chi connectivity index (χ4v) is 11.0. The number of Topliss-reactive ketones (excluding diaryl/α,β-unsaturated/α-hetero) is 1. The van der Waals surface area contributed by atoms with E-state index in [0.717, 1.165) is 58.9 Å². The van der Waals surface area contributed by atoms with E-state index < -0.39 is 22.8 Å². The Kier molecular flexibility index (Phi) is 14.0. The van der Waals surface area contributed by atoms with Crippen LogP contribution in [0.2, 0.25) is 0 Å². The molecule has 15 heteroatoms. The Bertz CT molecular complexity index is 2660. The van der Waals surface area contributed by atoms with E-state index in [1.54, 1.807) is 62.4 Å². The fraction of sp³-hybridized carbons (Fsp3) is 0.415. The highest BCUT2D eigenvalue weighted by Crippen LogP contribution is 2.60. The lowest BCUT2D eigenvalue weighted by Gasteiger charge is -2.52. The molecule has 2 saturated carbocycles. The highest BCUT2D eigenvalue weighted by molar-refractivity contribution is 5.98. The minimum Gasteiger partial charge on any atom is -0.486 e. The van der Waals surface area contributed by atoms with E-state index in [2.05, 4.69) is 24.3 Å². The molecule has 356 valence electrons. The van der Waals surface area contributed by atoms with E-state index in [-0.39, 0.29) is 68.6 Å². The van der Waals surface area contributed by atoms with E-state index in [4.69, 9.17) is 51.2 Å². The zero-order valence-electron chi connectivity index (χ0n) is 39.4. The average Bonchev–Trinajstić information content (AvgIpc) is 3.83. The minimum absolute atomic E-state index is 0.0161. The summed E-state index contributed by atoms with van der Waals surface area (Å²) in [6.07, 6.45) is 5.27. The summed E-state index contributed by atoms with van der Waals surface area (Å²) in [5, 5.41) is 15.4.